The average molecular weight is 364 g/mol. The van der Waals surface area contributed by atoms with Gasteiger partial charge in [-0.3, -0.25) is 4.79 Å². The Hall–Kier alpha value is -2.88. The normalized spacial score (nSPS) is 15.5. The molecular formula is C23H24O4. The van der Waals surface area contributed by atoms with Crippen LogP contribution in [0, 0.1) is 0 Å². The van der Waals surface area contributed by atoms with Crippen LogP contribution in [0.3, 0.4) is 0 Å². The quantitative estimate of drug-likeness (QED) is 0.417. The van der Waals surface area contributed by atoms with Gasteiger partial charge in [0, 0.05) is 6.42 Å². The Morgan fingerprint density at radius 3 is 2.11 bits per heavy atom. The van der Waals surface area contributed by atoms with Crippen molar-refractivity contribution in [3.8, 4) is 0 Å². The third kappa shape index (κ3) is 4.27. The van der Waals surface area contributed by atoms with Crippen LogP contribution in [0.2, 0.25) is 0 Å². The predicted octanol–water partition coefficient (Wildman–Crippen LogP) is 4.34. The molecule has 0 heterocycles. The number of carbonyl (C=O) groups is 2. The van der Waals surface area contributed by atoms with E-state index in [1.807, 2.05) is 60.7 Å². The molecular weight excluding hydrogens is 340 g/mol. The lowest BCUT2D eigenvalue weighted by molar-refractivity contribution is -0.143. The lowest BCUT2D eigenvalue weighted by Crippen LogP contribution is -2.24. The van der Waals surface area contributed by atoms with Gasteiger partial charge in [0.05, 0.1) is 17.6 Å². The Balaban J connectivity index is 1.83. The predicted molar refractivity (Wildman–Crippen MR) is 103 cm³/mol. The zero-order valence-electron chi connectivity index (χ0n) is 15.7. The Labute approximate surface area is 159 Å². The maximum absolute atomic E-state index is 12.9. The summed E-state index contributed by atoms with van der Waals surface area (Å²) < 4.78 is 10.9. The standard InChI is InChI=1S/C23H24O4/c1-3-26-21(24)20(16-18-10-6-4-7-11-18)17(2)27-22(25)23(14-15-23)19-12-8-5-9-13-19/h4-13H,3,14-16H2,1-2H3/b20-17+. The molecule has 0 spiro atoms. The molecule has 2 aromatic rings. The molecule has 3 rings (SSSR count). The molecule has 0 bridgehead atoms. The van der Waals surface area contributed by atoms with Gasteiger partial charge in [-0.15, -0.1) is 0 Å². The zero-order chi connectivity index (χ0) is 19.3. The Bertz CT molecular complexity index is 833. The maximum atomic E-state index is 12.9. The molecule has 0 atom stereocenters. The van der Waals surface area contributed by atoms with E-state index in [9.17, 15) is 9.59 Å². The number of benzene rings is 2. The number of allylic oxidation sites excluding steroid dienone is 1. The molecule has 0 aromatic heterocycles. The molecule has 0 aliphatic heterocycles. The summed E-state index contributed by atoms with van der Waals surface area (Å²) in [6, 6.07) is 19.3. The van der Waals surface area contributed by atoms with Gasteiger partial charge < -0.3 is 9.47 Å². The van der Waals surface area contributed by atoms with Gasteiger partial charge in [0.25, 0.3) is 0 Å². The second-order valence-electron chi connectivity index (χ2n) is 6.76. The molecule has 1 aliphatic rings. The number of hydrogen-bond acceptors (Lipinski definition) is 4. The van der Waals surface area contributed by atoms with Crippen molar-refractivity contribution in [2.75, 3.05) is 6.61 Å². The van der Waals surface area contributed by atoms with E-state index in [4.69, 9.17) is 9.47 Å². The molecule has 27 heavy (non-hydrogen) atoms. The van der Waals surface area contributed by atoms with Crippen molar-refractivity contribution in [1.82, 2.24) is 0 Å². The van der Waals surface area contributed by atoms with Crippen LogP contribution in [0.5, 0.6) is 0 Å². The average Bonchev–Trinajstić information content (AvgIpc) is 3.50. The first-order chi connectivity index (χ1) is 13.1. The summed E-state index contributed by atoms with van der Waals surface area (Å²) in [7, 11) is 0. The number of esters is 2. The summed E-state index contributed by atoms with van der Waals surface area (Å²) in [5, 5.41) is 0. The van der Waals surface area contributed by atoms with Crippen LogP contribution in [0.25, 0.3) is 0 Å². The molecule has 0 unspecified atom stereocenters. The third-order valence-electron chi connectivity index (χ3n) is 4.88. The smallest absolute Gasteiger partial charge is 0.337 e. The van der Waals surface area contributed by atoms with Gasteiger partial charge in [-0.1, -0.05) is 60.7 Å². The topological polar surface area (TPSA) is 52.6 Å². The van der Waals surface area contributed by atoms with Crippen molar-refractivity contribution in [3.05, 3.63) is 83.1 Å². The van der Waals surface area contributed by atoms with Gasteiger partial charge in [-0.05, 0) is 37.8 Å². The summed E-state index contributed by atoms with van der Waals surface area (Å²) in [6.45, 7) is 3.69. The van der Waals surface area contributed by atoms with Gasteiger partial charge in [-0.25, -0.2) is 4.79 Å². The molecule has 1 fully saturated rings. The number of hydrogen-bond donors (Lipinski definition) is 0. The van der Waals surface area contributed by atoms with E-state index in [1.54, 1.807) is 13.8 Å². The molecule has 2 aromatic carbocycles. The Morgan fingerprint density at radius 2 is 1.56 bits per heavy atom. The summed E-state index contributed by atoms with van der Waals surface area (Å²) >= 11 is 0. The molecule has 0 saturated heterocycles. The minimum atomic E-state index is -0.588. The van der Waals surface area contributed by atoms with Crippen molar-refractivity contribution in [1.29, 1.82) is 0 Å². The SMILES string of the molecule is CCOC(=O)/C(Cc1ccccc1)=C(\C)OC(=O)C1(c2ccccc2)CC1. The summed E-state index contributed by atoms with van der Waals surface area (Å²) in [5.74, 6) is -0.443. The minimum Gasteiger partial charge on any atom is -0.463 e. The monoisotopic (exact) mass is 364 g/mol. The number of carbonyl (C=O) groups excluding carboxylic acids is 2. The largest absolute Gasteiger partial charge is 0.463 e. The van der Waals surface area contributed by atoms with Crippen molar-refractivity contribution >= 4 is 11.9 Å². The lowest BCUT2D eigenvalue weighted by atomic mass is 9.96. The highest BCUT2D eigenvalue weighted by molar-refractivity contribution is 5.91. The summed E-state index contributed by atoms with van der Waals surface area (Å²) in [6.07, 6.45) is 1.88. The van der Waals surface area contributed by atoms with Crippen LogP contribution in [0.15, 0.2) is 72.0 Å². The first kappa shape index (κ1) is 18.9. The third-order valence-corrected chi connectivity index (χ3v) is 4.88. The van der Waals surface area contributed by atoms with E-state index in [2.05, 4.69) is 0 Å². The lowest BCUT2D eigenvalue weighted by Gasteiger charge is -2.17. The van der Waals surface area contributed by atoms with Gasteiger partial charge in [-0.2, -0.15) is 0 Å². The molecule has 1 saturated carbocycles. The van der Waals surface area contributed by atoms with E-state index in [-0.39, 0.29) is 12.6 Å². The van der Waals surface area contributed by atoms with E-state index in [1.165, 1.54) is 0 Å². The first-order valence-corrected chi connectivity index (χ1v) is 9.25. The Morgan fingerprint density at radius 1 is 0.963 bits per heavy atom. The fourth-order valence-electron chi connectivity index (χ4n) is 3.15. The molecule has 0 radical (unpaired) electrons. The molecule has 140 valence electrons. The maximum Gasteiger partial charge on any atom is 0.337 e. The van der Waals surface area contributed by atoms with Crippen LogP contribution in [0.4, 0.5) is 0 Å². The van der Waals surface area contributed by atoms with Crippen molar-refractivity contribution in [2.24, 2.45) is 0 Å². The summed E-state index contributed by atoms with van der Waals surface area (Å²) in [4.78, 5) is 25.3. The van der Waals surface area contributed by atoms with E-state index < -0.39 is 11.4 Å². The van der Waals surface area contributed by atoms with E-state index in [0.29, 0.717) is 17.8 Å². The molecule has 1 aliphatic carbocycles. The second kappa shape index (κ2) is 8.21. The molecule has 0 amide bonds. The van der Waals surface area contributed by atoms with Crippen molar-refractivity contribution in [3.63, 3.8) is 0 Å². The Kier molecular flexibility index (Phi) is 5.75. The highest BCUT2D eigenvalue weighted by atomic mass is 16.5. The fraction of sp³-hybridized carbons (Fsp3) is 0.304. The number of ether oxygens (including phenoxy) is 2. The van der Waals surface area contributed by atoms with Gasteiger partial charge in [0.15, 0.2) is 0 Å². The summed E-state index contributed by atoms with van der Waals surface area (Å²) in [5.41, 5.74) is 1.71. The van der Waals surface area contributed by atoms with Crippen molar-refractivity contribution in [2.45, 2.75) is 38.5 Å². The zero-order valence-corrected chi connectivity index (χ0v) is 15.7. The van der Waals surface area contributed by atoms with Crippen LogP contribution in [-0.2, 0) is 30.9 Å². The van der Waals surface area contributed by atoms with Crippen LogP contribution in [0.1, 0.15) is 37.8 Å². The fourth-order valence-corrected chi connectivity index (χ4v) is 3.15. The second-order valence-corrected chi connectivity index (χ2v) is 6.76. The number of rotatable bonds is 7. The van der Waals surface area contributed by atoms with Gasteiger partial charge >= 0.3 is 11.9 Å². The highest BCUT2D eigenvalue weighted by Crippen LogP contribution is 2.49. The molecule has 4 nitrogen and oxygen atoms in total. The van der Waals surface area contributed by atoms with Gasteiger partial charge in [0.2, 0.25) is 0 Å². The molecule has 0 N–H and O–H groups in total. The van der Waals surface area contributed by atoms with E-state index >= 15 is 0 Å². The van der Waals surface area contributed by atoms with Gasteiger partial charge in [0.1, 0.15) is 5.76 Å². The van der Waals surface area contributed by atoms with Crippen molar-refractivity contribution < 1.29 is 19.1 Å². The minimum absolute atomic E-state index is 0.270. The molecule has 4 heteroatoms. The highest BCUT2D eigenvalue weighted by Gasteiger charge is 2.53. The first-order valence-electron chi connectivity index (χ1n) is 9.25. The van der Waals surface area contributed by atoms with E-state index in [0.717, 1.165) is 24.0 Å². The van der Waals surface area contributed by atoms with Crippen LogP contribution >= 0.6 is 0 Å². The van der Waals surface area contributed by atoms with Crippen LogP contribution < -0.4 is 0 Å². The van der Waals surface area contributed by atoms with Crippen LogP contribution in [-0.4, -0.2) is 18.5 Å².